The fourth-order valence-electron chi connectivity index (χ4n) is 1.80. The van der Waals surface area contributed by atoms with Crippen LogP contribution in [0.2, 0.25) is 5.02 Å². The molecule has 0 saturated heterocycles. The van der Waals surface area contributed by atoms with E-state index < -0.39 is 26.9 Å². The van der Waals surface area contributed by atoms with Gasteiger partial charge in [-0.05, 0) is 30.5 Å². The van der Waals surface area contributed by atoms with Crippen molar-refractivity contribution in [3.8, 4) is 0 Å². The molecule has 0 aliphatic rings. The molecule has 1 aromatic carbocycles. The van der Waals surface area contributed by atoms with Crippen molar-refractivity contribution in [3.63, 3.8) is 0 Å². The lowest BCUT2D eigenvalue weighted by Crippen LogP contribution is -2.36. The van der Waals surface area contributed by atoms with Crippen LogP contribution in [0.1, 0.15) is 32.3 Å². The van der Waals surface area contributed by atoms with Gasteiger partial charge in [-0.1, -0.05) is 31.5 Å². The van der Waals surface area contributed by atoms with Crippen molar-refractivity contribution in [1.82, 2.24) is 4.72 Å². The second kappa shape index (κ2) is 7.02. The third kappa shape index (κ3) is 4.84. The van der Waals surface area contributed by atoms with Gasteiger partial charge in [-0.2, -0.15) is 0 Å². The molecule has 114 valence electrons. The van der Waals surface area contributed by atoms with Gasteiger partial charge in [0.25, 0.3) is 0 Å². The Morgan fingerprint density at radius 2 is 1.90 bits per heavy atom. The van der Waals surface area contributed by atoms with E-state index in [0.29, 0.717) is 0 Å². The highest BCUT2D eigenvalue weighted by Gasteiger charge is 2.21. The minimum atomic E-state index is -3.71. The van der Waals surface area contributed by atoms with Crippen LogP contribution in [-0.4, -0.2) is 30.7 Å². The van der Waals surface area contributed by atoms with Gasteiger partial charge in [0.05, 0.1) is 5.02 Å². The molecule has 0 aromatic heterocycles. The van der Waals surface area contributed by atoms with E-state index in [0.717, 1.165) is 5.56 Å². The van der Waals surface area contributed by atoms with Crippen LogP contribution in [0.25, 0.3) is 0 Å². The zero-order valence-electron chi connectivity index (χ0n) is 12.0. The van der Waals surface area contributed by atoms with Gasteiger partial charge in [0.15, 0.2) is 0 Å². The number of rotatable bonds is 6. The molecular weight excluding hydrogens is 318 g/mol. The number of hydrogen-bond donors (Lipinski definition) is 1. The maximum atomic E-state index is 12.3. The van der Waals surface area contributed by atoms with Crippen LogP contribution in [-0.2, 0) is 20.8 Å². The van der Waals surface area contributed by atoms with Crippen LogP contribution in [0.5, 0.6) is 0 Å². The van der Waals surface area contributed by atoms with Crippen molar-refractivity contribution in [2.24, 2.45) is 0 Å². The van der Waals surface area contributed by atoms with Crippen LogP contribution >= 0.6 is 11.6 Å². The standard InChI is InChI=1S/C13H20ClNO3S2/c1-9(2)11-5-6-12(14)13(7-11)20(17,18)15-10(3)8-19(4)16/h5-7,9-10,15H,8H2,1-4H3/t10-,19-/m1/s1. The quantitative estimate of drug-likeness (QED) is 0.867. The minimum Gasteiger partial charge on any atom is -0.260 e. The topological polar surface area (TPSA) is 63.2 Å². The van der Waals surface area contributed by atoms with Crippen LogP contribution in [0.3, 0.4) is 0 Å². The molecule has 20 heavy (non-hydrogen) atoms. The van der Waals surface area contributed by atoms with E-state index >= 15 is 0 Å². The smallest absolute Gasteiger partial charge is 0.242 e. The Labute approximate surface area is 128 Å². The molecule has 0 aliphatic heterocycles. The van der Waals surface area contributed by atoms with Crippen LogP contribution < -0.4 is 4.72 Å². The fraction of sp³-hybridized carbons (Fsp3) is 0.538. The normalized spacial score (nSPS) is 15.3. The van der Waals surface area contributed by atoms with E-state index in [2.05, 4.69) is 4.72 Å². The molecule has 0 saturated carbocycles. The van der Waals surface area contributed by atoms with Crippen LogP contribution in [0.15, 0.2) is 23.1 Å². The Morgan fingerprint density at radius 1 is 1.30 bits per heavy atom. The van der Waals surface area contributed by atoms with Crippen LogP contribution in [0.4, 0.5) is 0 Å². The lowest BCUT2D eigenvalue weighted by molar-refractivity contribution is 0.570. The largest absolute Gasteiger partial charge is 0.260 e. The summed E-state index contributed by atoms with van der Waals surface area (Å²) in [4.78, 5) is 0.0686. The molecule has 0 amide bonds. The molecule has 0 radical (unpaired) electrons. The Hall–Kier alpha value is -0.430. The highest BCUT2D eigenvalue weighted by Crippen LogP contribution is 2.26. The maximum Gasteiger partial charge on any atom is 0.242 e. The molecule has 7 heteroatoms. The molecule has 0 heterocycles. The Bertz CT molecular complexity index is 600. The third-order valence-electron chi connectivity index (χ3n) is 2.75. The number of hydrogen-bond acceptors (Lipinski definition) is 3. The predicted molar refractivity (Wildman–Crippen MR) is 84.3 cm³/mol. The number of nitrogens with one attached hydrogen (secondary N) is 1. The summed E-state index contributed by atoms with van der Waals surface area (Å²) >= 11 is 6.00. The van der Waals surface area contributed by atoms with Crippen LogP contribution in [0, 0.1) is 0 Å². The summed E-state index contributed by atoms with van der Waals surface area (Å²) < 4.78 is 38.3. The van der Waals surface area contributed by atoms with Gasteiger partial charge >= 0.3 is 0 Å². The summed E-state index contributed by atoms with van der Waals surface area (Å²) in [6.07, 6.45) is 1.54. The molecule has 1 rings (SSSR count). The molecule has 1 aromatic rings. The first-order valence-electron chi connectivity index (χ1n) is 6.25. The highest BCUT2D eigenvalue weighted by atomic mass is 35.5. The average molecular weight is 338 g/mol. The summed E-state index contributed by atoms with van der Waals surface area (Å²) in [5, 5.41) is 0.187. The van der Waals surface area contributed by atoms with Gasteiger partial charge in [-0.25, -0.2) is 13.1 Å². The summed E-state index contributed by atoms with van der Waals surface area (Å²) in [7, 11) is -4.77. The molecule has 4 nitrogen and oxygen atoms in total. The summed E-state index contributed by atoms with van der Waals surface area (Å²) in [5.74, 6) is 0.475. The lowest BCUT2D eigenvalue weighted by atomic mass is 10.0. The zero-order chi connectivity index (χ0) is 15.5. The summed E-state index contributed by atoms with van der Waals surface area (Å²) in [5.41, 5.74) is 0.904. The molecule has 0 fully saturated rings. The van der Waals surface area contributed by atoms with Crippen molar-refractivity contribution in [2.45, 2.75) is 37.6 Å². The molecule has 1 N–H and O–H groups in total. The van der Waals surface area contributed by atoms with Gasteiger partial charge < -0.3 is 0 Å². The number of halogens is 1. The first-order chi connectivity index (χ1) is 9.13. The molecule has 0 aliphatic carbocycles. The van der Waals surface area contributed by atoms with Gasteiger partial charge in [-0.3, -0.25) is 4.21 Å². The Balaban J connectivity index is 3.09. The Kier molecular flexibility index (Phi) is 6.19. The minimum absolute atomic E-state index is 0.0686. The zero-order valence-corrected chi connectivity index (χ0v) is 14.4. The van der Waals surface area contributed by atoms with Gasteiger partial charge in [-0.15, -0.1) is 0 Å². The van der Waals surface area contributed by atoms with E-state index in [1.807, 2.05) is 19.9 Å². The van der Waals surface area contributed by atoms with Gasteiger partial charge in [0.2, 0.25) is 10.0 Å². The average Bonchev–Trinajstić information content (AvgIpc) is 2.26. The monoisotopic (exact) mass is 337 g/mol. The summed E-state index contributed by atoms with van der Waals surface area (Å²) in [6.45, 7) is 5.64. The highest BCUT2D eigenvalue weighted by molar-refractivity contribution is 7.89. The first kappa shape index (κ1) is 17.6. The SMILES string of the molecule is CC(C)c1ccc(Cl)c(S(=O)(=O)N[C@H](C)C[S@@](C)=O)c1. The second-order valence-corrected chi connectivity index (χ2v) is 8.68. The van der Waals surface area contributed by atoms with Crippen molar-refractivity contribution < 1.29 is 12.6 Å². The first-order valence-corrected chi connectivity index (χ1v) is 9.84. The third-order valence-corrected chi connectivity index (χ3v) is 5.79. The second-order valence-electron chi connectivity index (χ2n) is 5.11. The van der Waals surface area contributed by atoms with Crippen molar-refractivity contribution in [2.75, 3.05) is 12.0 Å². The van der Waals surface area contributed by atoms with Gasteiger partial charge in [0.1, 0.15) is 4.90 Å². The van der Waals surface area contributed by atoms with Crippen molar-refractivity contribution in [3.05, 3.63) is 28.8 Å². The van der Waals surface area contributed by atoms with Crippen molar-refractivity contribution >= 4 is 32.4 Å². The molecule has 0 bridgehead atoms. The molecule has 0 unspecified atom stereocenters. The van der Waals surface area contributed by atoms with Gasteiger partial charge in [0, 0.05) is 28.9 Å². The van der Waals surface area contributed by atoms with Crippen molar-refractivity contribution in [1.29, 1.82) is 0 Å². The maximum absolute atomic E-state index is 12.3. The lowest BCUT2D eigenvalue weighted by Gasteiger charge is -2.15. The van der Waals surface area contributed by atoms with E-state index in [1.165, 1.54) is 6.26 Å². The van der Waals surface area contributed by atoms with E-state index in [4.69, 9.17) is 11.6 Å². The van der Waals surface area contributed by atoms with E-state index in [-0.39, 0.29) is 21.6 Å². The van der Waals surface area contributed by atoms with E-state index in [1.54, 1.807) is 19.1 Å². The number of benzene rings is 1. The predicted octanol–water partition coefficient (Wildman–Crippen LogP) is 2.51. The number of sulfonamides is 1. The molecule has 0 spiro atoms. The summed E-state index contributed by atoms with van der Waals surface area (Å²) in [6, 6.07) is 4.58. The fourth-order valence-corrected chi connectivity index (χ4v) is 4.47. The Morgan fingerprint density at radius 3 is 2.40 bits per heavy atom. The molecular formula is C13H20ClNO3S2. The molecule has 2 atom stereocenters. The van der Waals surface area contributed by atoms with E-state index in [9.17, 15) is 12.6 Å².